The van der Waals surface area contributed by atoms with E-state index in [-0.39, 0.29) is 37.7 Å². The van der Waals surface area contributed by atoms with Crippen molar-refractivity contribution < 1.29 is 28.6 Å². The molecule has 0 aliphatic carbocycles. The van der Waals surface area contributed by atoms with Crippen LogP contribution in [0.3, 0.4) is 0 Å². The molecule has 6 heteroatoms. The van der Waals surface area contributed by atoms with Crippen molar-refractivity contribution >= 4 is 17.9 Å². The monoisotopic (exact) mass is 397 g/mol. The molecule has 0 fully saturated rings. The quantitative estimate of drug-likeness (QED) is 0.364. The van der Waals surface area contributed by atoms with Crippen LogP contribution in [-0.4, -0.2) is 37.7 Å². The van der Waals surface area contributed by atoms with Gasteiger partial charge in [0.15, 0.2) is 0 Å². The number of ether oxygens (including phenoxy) is 3. The molecule has 0 amide bonds. The molecule has 0 aromatic carbocycles. The van der Waals surface area contributed by atoms with Gasteiger partial charge in [0.2, 0.25) is 0 Å². The first-order valence-electron chi connectivity index (χ1n) is 9.60. The minimum atomic E-state index is -0.990. The van der Waals surface area contributed by atoms with Crippen molar-refractivity contribution in [1.29, 1.82) is 0 Å². The van der Waals surface area contributed by atoms with Crippen molar-refractivity contribution in [3.05, 3.63) is 34.6 Å². The summed E-state index contributed by atoms with van der Waals surface area (Å²) in [6, 6.07) is 0. The molecule has 0 N–H and O–H groups in total. The third-order valence-electron chi connectivity index (χ3n) is 2.98. The Morgan fingerprint density at radius 1 is 0.607 bits per heavy atom. The molecule has 0 saturated heterocycles. The van der Waals surface area contributed by atoms with Gasteiger partial charge in [-0.25, -0.2) is 0 Å². The maximum atomic E-state index is 11.5. The molecule has 0 aliphatic heterocycles. The summed E-state index contributed by atoms with van der Waals surface area (Å²) in [6.45, 7) is 23.1. The van der Waals surface area contributed by atoms with Gasteiger partial charge in [0, 0.05) is 19.3 Å². The first-order chi connectivity index (χ1) is 12.9. The number of hydrogen-bond donors (Lipinski definition) is 0. The minimum Gasteiger partial charge on any atom is -0.465 e. The van der Waals surface area contributed by atoms with E-state index in [0.29, 0.717) is 38.5 Å². The lowest BCUT2D eigenvalue weighted by Gasteiger charge is -2.28. The second-order valence-electron chi connectivity index (χ2n) is 7.23. The van der Waals surface area contributed by atoms with E-state index in [2.05, 4.69) is 34.6 Å². The Balaban J connectivity index is 0. The summed E-state index contributed by atoms with van der Waals surface area (Å²) in [6.07, 6.45) is 2.96. The summed E-state index contributed by atoms with van der Waals surface area (Å²) < 4.78 is 15.4. The Labute approximate surface area is 171 Å². The van der Waals surface area contributed by atoms with E-state index in [1.165, 1.54) is 0 Å². The Bertz CT molecular complexity index is 389. The number of hydrogen-bond acceptors (Lipinski definition) is 6. The highest BCUT2D eigenvalue weighted by Crippen LogP contribution is 2.19. The van der Waals surface area contributed by atoms with Crippen molar-refractivity contribution in [2.24, 2.45) is 10.8 Å². The van der Waals surface area contributed by atoms with Crippen molar-refractivity contribution in [3.8, 4) is 0 Å². The van der Waals surface area contributed by atoms with Crippen molar-refractivity contribution in [3.63, 3.8) is 0 Å². The normalized spacial score (nSPS) is 11.1. The maximum Gasteiger partial charge on any atom is 0.305 e. The van der Waals surface area contributed by atoms with E-state index in [0.717, 1.165) is 0 Å². The van der Waals surface area contributed by atoms with Crippen molar-refractivity contribution in [2.45, 2.75) is 59.3 Å². The van der Waals surface area contributed by atoms with E-state index in [4.69, 9.17) is 14.2 Å². The van der Waals surface area contributed by atoms with Gasteiger partial charge >= 0.3 is 17.9 Å². The molecule has 5 radical (unpaired) electrons. The number of carbonyl (C=O) groups is 3. The second-order valence-corrected chi connectivity index (χ2v) is 7.23. The number of rotatable bonds is 12. The summed E-state index contributed by atoms with van der Waals surface area (Å²) >= 11 is 0. The van der Waals surface area contributed by atoms with Gasteiger partial charge in [0.05, 0.1) is 5.41 Å². The molecule has 0 saturated carbocycles. The zero-order valence-electron chi connectivity index (χ0n) is 17.8. The predicted octanol–water partition coefficient (Wildman–Crippen LogP) is 4.15. The zero-order chi connectivity index (χ0) is 22.2. The molecule has 6 nitrogen and oxygen atoms in total. The van der Waals surface area contributed by atoms with Crippen LogP contribution in [0.25, 0.3) is 0 Å². The first-order valence-corrected chi connectivity index (χ1v) is 9.60. The highest BCUT2D eigenvalue weighted by atomic mass is 16.6. The first kappa shape index (κ1) is 28.6. The molecule has 0 bridgehead atoms. The van der Waals surface area contributed by atoms with E-state index in [1.54, 1.807) is 0 Å². The molecule has 0 atom stereocenters. The number of carbonyl (C=O) groups excluding carboxylic acids is 3. The highest BCUT2D eigenvalue weighted by molar-refractivity contribution is 5.70. The van der Waals surface area contributed by atoms with Crippen LogP contribution < -0.4 is 0 Å². The Morgan fingerprint density at radius 3 is 1.00 bits per heavy atom. The predicted molar refractivity (Wildman–Crippen MR) is 109 cm³/mol. The molecular formula is C22H37O6. The van der Waals surface area contributed by atoms with Crippen molar-refractivity contribution in [1.82, 2.24) is 0 Å². The van der Waals surface area contributed by atoms with Crippen LogP contribution in [0.15, 0.2) is 0 Å². The molecule has 0 rings (SSSR count). The summed E-state index contributed by atoms with van der Waals surface area (Å²) in [4.78, 5) is 34.5. The largest absolute Gasteiger partial charge is 0.465 e. The fourth-order valence-corrected chi connectivity index (χ4v) is 1.65. The van der Waals surface area contributed by atoms with E-state index in [1.807, 2.05) is 20.8 Å². The molecule has 0 unspecified atom stereocenters. The third-order valence-corrected chi connectivity index (χ3v) is 2.98. The summed E-state index contributed by atoms with van der Waals surface area (Å²) in [5.74, 6) is -1.04. The van der Waals surface area contributed by atoms with Crippen LogP contribution in [0.4, 0.5) is 0 Å². The molecule has 0 aliphatic rings. The van der Waals surface area contributed by atoms with Crippen LogP contribution in [0.5, 0.6) is 0 Å². The van der Waals surface area contributed by atoms with Gasteiger partial charge in [0.1, 0.15) is 19.8 Å². The standard InChI is InChI=1S/C17H29O6.C5H8/c1-5-8-14(18)21-11-17(4,12-22-15(19)9-6-2)13-23-16(20)10-7-3;1-5(2,3)4/h4-13H2,1-3H3;1-4H2. The van der Waals surface area contributed by atoms with Crippen LogP contribution in [0, 0.1) is 45.4 Å². The molecule has 0 aromatic rings. The van der Waals surface area contributed by atoms with Crippen LogP contribution in [0.1, 0.15) is 59.3 Å². The maximum absolute atomic E-state index is 11.5. The van der Waals surface area contributed by atoms with E-state index in [9.17, 15) is 14.4 Å². The van der Waals surface area contributed by atoms with Gasteiger partial charge in [-0.05, 0) is 59.3 Å². The highest BCUT2D eigenvalue weighted by Gasteiger charge is 2.30. The van der Waals surface area contributed by atoms with Crippen LogP contribution in [0.2, 0.25) is 0 Å². The Morgan fingerprint density at radius 2 is 0.821 bits per heavy atom. The van der Waals surface area contributed by atoms with Gasteiger partial charge in [-0.2, -0.15) is 0 Å². The van der Waals surface area contributed by atoms with E-state index >= 15 is 0 Å². The minimum absolute atomic E-state index is 0.0648. The SMILES string of the molecule is [CH2]C(COC(=O)CCC)(COC(=O)CCC)COC(=O)CCC.[CH2]C([CH2])([CH2])[CH2]. The average molecular weight is 398 g/mol. The van der Waals surface area contributed by atoms with Gasteiger partial charge in [-0.15, -0.1) is 0 Å². The van der Waals surface area contributed by atoms with Crippen LogP contribution in [-0.2, 0) is 28.6 Å². The average Bonchev–Trinajstić information content (AvgIpc) is 2.56. The molecule has 161 valence electrons. The van der Waals surface area contributed by atoms with Crippen LogP contribution >= 0.6 is 0 Å². The number of esters is 3. The van der Waals surface area contributed by atoms with Gasteiger partial charge in [-0.3, -0.25) is 14.4 Å². The third kappa shape index (κ3) is 20.7. The molecule has 0 aromatic heterocycles. The fourth-order valence-electron chi connectivity index (χ4n) is 1.65. The lowest BCUT2D eigenvalue weighted by molar-refractivity contribution is -0.158. The van der Waals surface area contributed by atoms with Gasteiger partial charge in [0.25, 0.3) is 0 Å². The van der Waals surface area contributed by atoms with Gasteiger partial charge < -0.3 is 14.2 Å². The zero-order valence-corrected chi connectivity index (χ0v) is 17.8. The topological polar surface area (TPSA) is 78.9 Å². The lowest BCUT2D eigenvalue weighted by atomic mass is 9.94. The molecule has 0 heterocycles. The summed E-state index contributed by atoms with van der Waals surface area (Å²) in [5, 5.41) is 0. The summed E-state index contributed by atoms with van der Waals surface area (Å²) in [7, 11) is 0. The Hall–Kier alpha value is -1.59. The lowest BCUT2D eigenvalue weighted by Crippen LogP contribution is -2.37. The molecular weight excluding hydrogens is 360 g/mol. The fraction of sp³-hybridized carbons (Fsp3) is 0.636. The summed E-state index contributed by atoms with van der Waals surface area (Å²) in [5.41, 5.74) is -1.49. The molecule has 28 heavy (non-hydrogen) atoms. The molecule has 0 spiro atoms. The smallest absolute Gasteiger partial charge is 0.305 e. The Kier molecular flexibility index (Phi) is 15.7. The van der Waals surface area contributed by atoms with E-state index < -0.39 is 10.8 Å². The second kappa shape index (κ2) is 15.3. The van der Waals surface area contributed by atoms with Crippen molar-refractivity contribution in [2.75, 3.05) is 19.8 Å². The van der Waals surface area contributed by atoms with Gasteiger partial charge in [-0.1, -0.05) is 20.8 Å².